The van der Waals surface area contributed by atoms with E-state index in [1.54, 1.807) is 0 Å². The van der Waals surface area contributed by atoms with Gasteiger partial charge >= 0.3 is 0 Å². The molecule has 1 aliphatic heterocycles. The zero-order valence-corrected chi connectivity index (χ0v) is 11.5. The summed E-state index contributed by atoms with van der Waals surface area (Å²) in [5.41, 5.74) is 4.73. The molecule has 3 N–H and O–H groups in total. The van der Waals surface area contributed by atoms with Crippen LogP contribution in [0.15, 0.2) is 0 Å². The van der Waals surface area contributed by atoms with Crippen molar-refractivity contribution in [3.05, 3.63) is 0 Å². The minimum atomic E-state index is -3.11. The number of aliphatic hydroxyl groups is 1. The molecule has 1 aliphatic rings. The van der Waals surface area contributed by atoms with Crippen molar-refractivity contribution >= 4 is 10.0 Å². The summed E-state index contributed by atoms with van der Waals surface area (Å²) in [6.07, 6.45) is 4.27. The van der Waals surface area contributed by atoms with Gasteiger partial charge in [0.1, 0.15) is 0 Å². The number of sulfonamides is 1. The van der Waals surface area contributed by atoms with Crippen molar-refractivity contribution in [2.45, 2.75) is 38.2 Å². The van der Waals surface area contributed by atoms with Gasteiger partial charge in [0.15, 0.2) is 0 Å². The summed E-state index contributed by atoms with van der Waals surface area (Å²) in [6.45, 7) is 3.26. The summed E-state index contributed by atoms with van der Waals surface area (Å²) in [7, 11) is -3.11. The molecule has 1 heterocycles. The van der Waals surface area contributed by atoms with Gasteiger partial charge in [0.25, 0.3) is 0 Å². The van der Waals surface area contributed by atoms with Gasteiger partial charge in [0, 0.05) is 19.6 Å². The second kappa shape index (κ2) is 5.65. The molecular weight excluding hydrogens is 240 g/mol. The Labute approximate surface area is 104 Å². The second-order valence-corrected chi connectivity index (χ2v) is 7.10. The Balaban J connectivity index is 2.62. The summed E-state index contributed by atoms with van der Waals surface area (Å²) in [5, 5.41) is 10.2. The molecule has 1 rings (SSSR count). The van der Waals surface area contributed by atoms with Crippen molar-refractivity contribution in [1.29, 1.82) is 0 Å². The minimum Gasteiger partial charge on any atom is -0.389 e. The van der Waals surface area contributed by atoms with E-state index < -0.39 is 15.6 Å². The van der Waals surface area contributed by atoms with Crippen LogP contribution in [0.2, 0.25) is 0 Å². The maximum atomic E-state index is 11.5. The van der Waals surface area contributed by atoms with Gasteiger partial charge < -0.3 is 10.8 Å². The van der Waals surface area contributed by atoms with Crippen molar-refractivity contribution in [3.8, 4) is 0 Å². The van der Waals surface area contributed by atoms with E-state index in [2.05, 4.69) is 0 Å². The zero-order chi connectivity index (χ0) is 13.1. The van der Waals surface area contributed by atoms with E-state index in [1.165, 1.54) is 10.6 Å². The largest absolute Gasteiger partial charge is 0.389 e. The number of nitrogens with two attached hydrogens (primary N) is 1. The van der Waals surface area contributed by atoms with Crippen molar-refractivity contribution in [3.63, 3.8) is 0 Å². The molecule has 0 spiro atoms. The van der Waals surface area contributed by atoms with Gasteiger partial charge in [-0.3, -0.25) is 0 Å². The zero-order valence-electron chi connectivity index (χ0n) is 10.7. The maximum Gasteiger partial charge on any atom is 0.211 e. The Morgan fingerprint density at radius 3 is 2.65 bits per heavy atom. The predicted octanol–water partition coefficient (Wildman–Crippen LogP) is 0.148. The lowest BCUT2D eigenvalue weighted by atomic mass is 9.84. The molecule has 2 atom stereocenters. The fourth-order valence-electron chi connectivity index (χ4n) is 2.40. The first kappa shape index (κ1) is 14.9. The maximum absolute atomic E-state index is 11.5. The molecule has 6 heteroatoms. The lowest BCUT2D eigenvalue weighted by Gasteiger charge is -2.35. The fourth-order valence-corrected chi connectivity index (χ4v) is 3.35. The molecule has 0 amide bonds. The van der Waals surface area contributed by atoms with Gasteiger partial charge in [-0.2, -0.15) is 0 Å². The van der Waals surface area contributed by atoms with Crippen LogP contribution in [-0.2, 0) is 10.0 Å². The third-order valence-corrected chi connectivity index (χ3v) is 4.93. The van der Waals surface area contributed by atoms with Gasteiger partial charge in [-0.25, -0.2) is 12.7 Å². The van der Waals surface area contributed by atoms with Crippen LogP contribution in [0.5, 0.6) is 0 Å². The number of piperidine rings is 1. The molecule has 102 valence electrons. The molecule has 0 aromatic carbocycles. The van der Waals surface area contributed by atoms with Crippen LogP contribution in [-0.4, -0.2) is 49.3 Å². The molecule has 0 bridgehead atoms. The Kier molecular flexibility index (Phi) is 4.95. The van der Waals surface area contributed by atoms with Crippen molar-refractivity contribution < 1.29 is 13.5 Å². The number of nitrogens with zero attached hydrogens (tertiary/aromatic N) is 1. The van der Waals surface area contributed by atoms with Gasteiger partial charge in [0.05, 0.1) is 11.9 Å². The summed E-state index contributed by atoms with van der Waals surface area (Å²) in [5.74, 6) is 0.215. The van der Waals surface area contributed by atoms with Crippen LogP contribution in [0.25, 0.3) is 0 Å². The normalized spacial score (nSPS) is 26.7. The molecule has 5 nitrogen and oxygen atoms in total. The third-order valence-electron chi connectivity index (χ3n) is 3.66. The third kappa shape index (κ3) is 4.21. The quantitative estimate of drug-likeness (QED) is 0.740. The monoisotopic (exact) mass is 264 g/mol. The number of hydrogen-bond acceptors (Lipinski definition) is 4. The minimum absolute atomic E-state index is 0.215. The lowest BCUT2D eigenvalue weighted by Crippen LogP contribution is -2.45. The molecule has 1 fully saturated rings. The lowest BCUT2D eigenvalue weighted by molar-refractivity contribution is 0.0123. The second-order valence-electron chi connectivity index (χ2n) is 5.12. The molecule has 0 saturated carbocycles. The molecule has 0 aromatic rings. The number of hydrogen-bond donors (Lipinski definition) is 2. The summed E-state index contributed by atoms with van der Waals surface area (Å²) in [4.78, 5) is 0. The average molecular weight is 264 g/mol. The Morgan fingerprint density at radius 1 is 1.53 bits per heavy atom. The fraction of sp³-hybridized carbons (Fsp3) is 1.00. The molecular formula is C11H24N2O3S. The van der Waals surface area contributed by atoms with Crippen LogP contribution in [0.1, 0.15) is 32.6 Å². The average Bonchev–Trinajstić information content (AvgIpc) is 2.28. The smallest absolute Gasteiger partial charge is 0.211 e. The Bertz CT molecular complexity index is 339. The SMILES string of the molecule is CCC(O)(CN)CC1CCCN(S(C)(=O)=O)C1. The topological polar surface area (TPSA) is 83.6 Å². The Hall–Kier alpha value is -0.170. The predicted molar refractivity (Wildman–Crippen MR) is 68.1 cm³/mol. The molecule has 0 radical (unpaired) electrons. The van der Waals surface area contributed by atoms with Gasteiger partial charge in [-0.15, -0.1) is 0 Å². The van der Waals surface area contributed by atoms with E-state index in [-0.39, 0.29) is 12.5 Å². The van der Waals surface area contributed by atoms with Crippen molar-refractivity contribution in [1.82, 2.24) is 4.31 Å². The van der Waals surface area contributed by atoms with Crippen LogP contribution in [0.4, 0.5) is 0 Å². The highest BCUT2D eigenvalue weighted by atomic mass is 32.2. The summed E-state index contributed by atoms with van der Waals surface area (Å²) >= 11 is 0. The highest BCUT2D eigenvalue weighted by molar-refractivity contribution is 7.88. The van der Waals surface area contributed by atoms with E-state index in [0.717, 1.165) is 12.8 Å². The molecule has 1 saturated heterocycles. The first-order valence-electron chi connectivity index (χ1n) is 6.18. The summed E-state index contributed by atoms with van der Waals surface area (Å²) < 4.78 is 24.5. The van der Waals surface area contributed by atoms with E-state index in [9.17, 15) is 13.5 Å². The number of rotatable bonds is 5. The van der Waals surface area contributed by atoms with Crippen molar-refractivity contribution in [2.75, 3.05) is 25.9 Å². The van der Waals surface area contributed by atoms with E-state index in [1.807, 2.05) is 6.92 Å². The van der Waals surface area contributed by atoms with Gasteiger partial charge in [-0.1, -0.05) is 6.92 Å². The van der Waals surface area contributed by atoms with E-state index in [4.69, 9.17) is 5.73 Å². The van der Waals surface area contributed by atoms with Crippen LogP contribution in [0, 0.1) is 5.92 Å². The van der Waals surface area contributed by atoms with Gasteiger partial charge in [0.2, 0.25) is 10.0 Å². The summed E-state index contributed by atoms with van der Waals surface area (Å²) in [6, 6.07) is 0. The van der Waals surface area contributed by atoms with Crippen LogP contribution >= 0.6 is 0 Å². The first-order chi connectivity index (χ1) is 7.80. The molecule has 0 aliphatic carbocycles. The van der Waals surface area contributed by atoms with Crippen LogP contribution in [0.3, 0.4) is 0 Å². The van der Waals surface area contributed by atoms with E-state index >= 15 is 0 Å². The highest BCUT2D eigenvalue weighted by Crippen LogP contribution is 2.27. The van der Waals surface area contributed by atoms with E-state index in [0.29, 0.717) is 25.9 Å². The standard InChI is InChI=1S/C11H24N2O3S/c1-3-11(14,9-12)7-10-5-4-6-13(8-10)17(2,15)16/h10,14H,3-9,12H2,1-2H3. The molecule has 2 unspecified atom stereocenters. The molecule has 17 heavy (non-hydrogen) atoms. The highest BCUT2D eigenvalue weighted by Gasteiger charge is 2.32. The van der Waals surface area contributed by atoms with Crippen LogP contribution < -0.4 is 5.73 Å². The molecule has 0 aromatic heterocycles. The van der Waals surface area contributed by atoms with Gasteiger partial charge in [-0.05, 0) is 31.6 Å². The first-order valence-corrected chi connectivity index (χ1v) is 8.03. The van der Waals surface area contributed by atoms with Crippen molar-refractivity contribution in [2.24, 2.45) is 11.7 Å². The Morgan fingerprint density at radius 2 is 2.18 bits per heavy atom.